The van der Waals surface area contributed by atoms with Crippen molar-refractivity contribution in [3.8, 4) is 17.2 Å². The highest BCUT2D eigenvalue weighted by Gasteiger charge is 2.28. The van der Waals surface area contributed by atoms with Crippen LogP contribution in [0.2, 0.25) is 0 Å². The molecule has 0 spiro atoms. The van der Waals surface area contributed by atoms with Crippen LogP contribution in [0.1, 0.15) is 33.0 Å². The van der Waals surface area contributed by atoms with Crippen molar-refractivity contribution >= 4 is 11.7 Å². The van der Waals surface area contributed by atoms with Crippen LogP contribution < -0.4 is 19.1 Å². The van der Waals surface area contributed by atoms with Crippen LogP contribution in [0.15, 0.2) is 42.5 Å². The van der Waals surface area contributed by atoms with E-state index in [0.29, 0.717) is 43.2 Å². The molecule has 0 radical (unpaired) electrons. The van der Waals surface area contributed by atoms with Gasteiger partial charge in [-0.2, -0.15) is 0 Å². The third-order valence-corrected chi connectivity index (χ3v) is 6.35. The minimum atomic E-state index is -0.0903. The highest BCUT2D eigenvalue weighted by atomic mass is 16.5. The van der Waals surface area contributed by atoms with Gasteiger partial charge in [-0.25, -0.2) is 9.97 Å². The van der Waals surface area contributed by atoms with Gasteiger partial charge in [-0.15, -0.1) is 0 Å². The first-order valence-corrected chi connectivity index (χ1v) is 11.7. The van der Waals surface area contributed by atoms with Crippen LogP contribution in [0.3, 0.4) is 0 Å². The molecule has 0 saturated carbocycles. The number of carbonyl (C=O) groups excluding carboxylic acids is 1. The monoisotopic (exact) mass is 476 g/mol. The lowest BCUT2D eigenvalue weighted by molar-refractivity contribution is 0.0739. The molecular formula is C27H32N4O4. The number of hydrogen-bond acceptors (Lipinski definition) is 7. The molecule has 0 unspecified atom stereocenters. The molecule has 1 aliphatic rings. The van der Waals surface area contributed by atoms with E-state index in [4.69, 9.17) is 19.2 Å². The van der Waals surface area contributed by atoms with E-state index in [1.807, 2.05) is 36.9 Å². The summed E-state index contributed by atoms with van der Waals surface area (Å²) in [6.45, 7) is 6.45. The topological polar surface area (TPSA) is 77.0 Å². The van der Waals surface area contributed by atoms with Crippen molar-refractivity contribution in [1.82, 2.24) is 14.9 Å². The zero-order valence-corrected chi connectivity index (χ0v) is 21.0. The van der Waals surface area contributed by atoms with Gasteiger partial charge in [0.1, 0.15) is 34.5 Å². The van der Waals surface area contributed by atoms with Crippen LogP contribution in [-0.4, -0.2) is 68.3 Å². The minimum absolute atomic E-state index is 0.0903. The van der Waals surface area contributed by atoms with Crippen molar-refractivity contribution in [2.24, 2.45) is 0 Å². The Balaban J connectivity index is 1.54. The molecule has 0 atom stereocenters. The van der Waals surface area contributed by atoms with Gasteiger partial charge in [0.2, 0.25) is 0 Å². The van der Waals surface area contributed by atoms with Gasteiger partial charge in [-0.3, -0.25) is 4.79 Å². The molecule has 0 N–H and O–H groups in total. The van der Waals surface area contributed by atoms with E-state index in [2.05, 4.69) is 22.0 Å². The summed E-state index contributed by atoms with van der Waals surface area (Å²) in [6, 6.07) is 13.5. The van der Waals surface area contributed by atoms with E-state index < -0.39 is 0 Å². The summed E-state index contributed by atoms with van der Waals surface area (Å²) in [4.78, 5) is 26.9. The van der Waals surface area contributed by atoms with E-state index in [0.717, 1.165) is 35.1 Å². The Morgan fingerprint density at radius 1 is 0.857 bits per heavy atom. The summed E-state index contributed by atoms with van der Waals surface area (Å²) in [7, 11) is 4.79. The van der Waals surface area contributed by atoms with E-state index in [1.54, 1.807) is 33.5 Å². The van der Waals surface area contributed by atoms with Gasteiger partial charge < -0.3 is 24.0 Å². The van der Waals surface area contributed by atoms with Crippen LogP contribution in [0.25, 0.3) is 0 Å². The van der Waals surface area contributed by atoms with Crippen LogP contribution in [0, 0.1) is 13.8 Å². The normalized spacial score (nSPS) is 13.5. The summed E-state index contributed by atoms with van der Waals surface area (Å²) in [5.74, 6) is 3.45. The fraction of sp³-hybridized carbons (Fsp3) is 0.370. The minimum Gasteiger partial charge on any atom is -0.497 e. The molecule has 2 aromatic carbocycles. The summed E-state index contributed by atoms with van der Waals surface area (Å²) in [5.41, 5.74) is 3.70. The number of rotatable bonds is 7. The van der Waals surface area contributed by atoms with E-state index in [9.17, 15) is 4.79 Å². The first-order chi connectivity index (χ1) is 16.9. The second kappa shape index (κ2) is 10.6. The molecular weight excluding hydrogens is 444 g/mol. The SMILES string of the molecule is COc1ccc(Cc2c(C)nc(C)nc2N2CCN(C(=O)c3c(OC)cccc3OC)CC2)cc1. The van der Waals surface area contributed by atoms with Crippen LogP contribution in [0.5, 0.6) is 17.2 Å². The molecule has 184 valence electrons. The van der Waals surface area contributed by atoms with Crippen molar-refractivity contribution in [1.29, 1.82) is 0 Å². The van der Waals surface area contributed by atoms with Crippen LogP contribution in [-0.2, 0) is 6.42 Å². The highest BCUT2D eigenvalue weighted by Crippen LogP contribution is 2.31. The zero-order valence-electron chi connectivity index (χ0n) is 21.0. The highest BCUT2D eigenvalue weighted by molar-refractivity contribution is 5.99. The van der Waals surface area contributed by atoms with Gasteiger partial charge in [-0.05, 0) is 43.7 Å². The molecule has 1 aliphatic heterocycles. The van der Waals surface area contributed by atoms with Crippen LogP contribution >= 0.6 is 0 Å². The van der Waals surface area contributed by atoms with E-state index >= 15 is 0 Å². The lowest BCUT2D eigenvalue weighted by Crippen LogP contribution is -2.49. The first-order valence-electron chi connectivity index (χ1n) is 11.7. The summed E-state index contributed by atoms with van der Waals surface area (Å²) >= 11 is 0. The van der Waals surface area contributed by atoms with Gasteiger partial charge in [0.05, 0.1) is 21.3 Å². The number of benzene rings is 2. The molecule has 1 fully saturated rings. The number of ether oxygens (including phenoxy) is 3. The van der Waals surface area contributed by atoms with Crippen molar-refractivity contribution < 1.29 is 19.0 Å². The molecule has 35 heavy (non-hydrogen) atoms. The summed E-state index contributed by atoms with van der Waals surface area (Å²) in [5, 5.41) is 0. The predicted molar refractivity (Wildman–Crippen MR) is 135 cm³/mol. The Bertz CT molecular complexity index is 1170. The van der Waals surface area contributed by atoms with Crippen LogP contribution in [0.4, 0.5) is 5.82 Å². The lowest BCUT2D eigenvalue weighted by atomic mass is 10.0. The summed E-state index contributed by atoms with van der Waals surface area (Å²) < 4.78 is 16.2. The fourth-order valence-corrected chi connectivity index (χ4v) is 4.48. The molecule has 8 nitrogen and oxygen atoms in total. The summed E-state index contributed by atoms with van der Waals surface area (Å²) in [6.07, 6.45) is 0.725. The Morgan fingerprint density at radius 3 is 2.06 bits per heavy atom. The Labute approximate surface area is 206 Å². The number of piperazine rings is 1. The van der Waals surface area contributed by atoms with Gasteiger partial charge >= 0.3 is 0 Å². The number of nitrogens with zero attached hydrogens (tertiary/aromatic N) is 4. The number of carbonyl (C=O) groups is 1. The Hall–Kier alpha value is -3.81. The predicted octanol–water partition coefficient (Wildman–Crippen LogP) is 3.67. The quantitative estimate of drug-likeness (QED) is 0.515. The number of aryl methyl sites for hydroxylation is 2. The number of hydrogen-bond donors (Lipinski definition) is 0. The maximum Gasteiger partial charge on any atom is 0.261 e. The molecule has 4 rings (SSSR count). The van der Waals surface area contributed by atoms with Gasteiger partial charge in [0, 0.05) is 43.9 Å². The molecule has 0 aliphatic carbocycles. The average molecular weight is 477 g/mol. The zero-order chi connectivity index (χ0) is 24.9. The average Bonchev–Trinajstić information content (AvgIpc) is 2.89. The lowest BCUT2D eigenvalue weighted by Gasteiger charge is -2.37. The molecule has 1 amide bonds. The van der Waals surface area contributed by atoms with Gasteiger partial charge in [0.15, 0.2) is 0 Å². The second-order valence-corrected chi connectivity index (χ2v) is 8.50. The number of aromatic nitrogens is 2. The molecule has 3 aromatic rings. The first kappa shape index (κ1) is 24.3. The maximum atomic E-state index is 13.4. The fourth-order valence-electron chi connectivity index (χ4n) is 4.48. The molecule has 1 saturated heterocycles. The second-order valence-electron chi connectivity index (χ2n) is 8.50. The van der Waals surface area contributed by atoms with Crippen molar-refractivity contribution in [3.63, 3.8) is 0 Å². The van der Waals surface area contributed by atoms with E-state index in [-0.39, 0.29) is 5.91 Å². The molecule has 1 aromatic heterocycles. The van der Waals surface area contributed by atoms with Crippen molar-refractivity contribution in [2.45, 2.75) is 20.3 Å². The molecule has 8 heteroatoms. The third-order valence-electron chi connectivity index (χ3n) is 6.35. The van der Waals surface area contributed by atoms with Crippen molar-refractivity contribution in [3.05, 3.63) is 70.7 Å². The number of methoxy groups -OCH3 is 3. The third kappa shape index (κ3) is 5.16. The Kier molecular flexibility index (Phi) is 7.39. The Morgan fingerprint density at radius 2 is 1.49 bits per heavy atom. The van der Waals surface area contributed by atoms with Gasteiger partial charge in [-0.1, -0.05) is 18.2 Å². The van der Waals surface area contributed by atoms with Crippen molar-refractivity contribution in [2.75, 3.05) is 52.4 Å². The number of anilines is 1. The maximum absolute atomic E-state index is 13.4. The molecule has 0 bridgehead atoms. The number of amides is 1. The largest absolute Gasteiger partial charge is 0.497 e. The van der Waals surface area contributed by atoms with Gasteiger partial charge in [0.25, 0.3) is 5.91 Å². The molecule has 2 heterocycles. The standard InChI is InChI=1S/C27H32N4O4/c1-18-22(17-20-9-11-21(33-3)12-10-20)26(29-19(2)28-18)30-13-15-31(16-14-30)27(32)25-23(34-4)7-6-8-24(25)35-5/h6-12H,13-17H2,1-5H3. The smallest absolute Gasteiger partial charge is 0.261 e. The van der Waals surface area contributed by atoms with E-state index in [1.165, 1.54) is 5.56 Å².